The molecule has 0 aliphatic carbocycles. The largest absolute Gasteiger partial charge is 0.306 e. The van der Waals surface area contributed by atoms with Crippen LogP contribution in [0.25, 0.3) is 0 Å². The predicted octanol–water partition coefficient (Wildman–Crippen LogP) is 5.19. The van der Waals surface area contributed by atoms with Gasteiger partial charge in [0.1, 0.15) is 0 Å². The van der Waals surface area contributed by atoms with Crippen molar-refractivity contribution >= 4 is 0 Å². The fraction of sp³-hybridized carbons (Fsp3) is 0.765. The van der Waals surface area contributed by atoms with Crippen molar-refractivity contribution in [2.75, 3.05) is 20.1 Å². The molecule has 0 heterocycles. The Balaban J connectivity index is 3.29. The Labute approximate surface area is 115 Å². The third kappa shape index (κ3) is 13.5. The zero-order valence-electron chi connectivity index (χ0n) is 12.8. The fourth-order valence-corrected chi connectivity index (χ4v) is 1.87. The van der Waals surface area contributed by atoms with E-state index in [0.29, 0.717) is 0 Å². The zero-order valence-corrected chi connectivity index (χ0v) is 12.8. The van der Waals surface area contributed by atoms with Gasteiger partial charge >= 0.3 is 0 Å². The van der Waals surface area contributed by atoms with Crippen LogP contribution in [0.3, 0.4) is 0 Å². The molecule has 0 aliphatic heterocycles. The molecule has 0 radical (unpaired) electrons. The molecular weight excluding hydrogens is 218 g/mol. The van der Waals surface area contributed by atoms with Gasteiger partial charge in [0, 0.05) is 0 Å². The molecule has 0 spiro atoms. The number of hydrogen-bond acceptors (Lipinski definition) is 1. The molecule has 0 unspecified atom stereocenters. The number of rotatable bonds is 12. The van der Waals surface area contributed by atoms with Crippen molar-refractivity contribution in [2.45, 2.75) is 65.2 Å². The Hall–Kier alpha value is -0.560. The topological polar surface area (TPSA) is 3.24 Å². The summed E-state index contributed by atoms with van der Waals surface area (Å²) in [7, 11) is 2.24. The van der Waals surface area contributed by atoms with E-state index in [0.717, 1.165) is 0 Å². The first-order chi connectivity index (χ1) is 8.81. The lowest BCUT2D eigenvalue weighted by atomic mass is 10.2. The fourth-order valence-electron chi connectivity index (χ4n) is 1.87. The Morgan fingerprint density at radius 3 is 1.44 bits per heavy atom. The summed E-state index contributed by atoms with van der Waals surface area (Å²) in [5, 5.41) is 0. The first-order valence-corrected chi connectivity index (χ1v) is 7.79. The number of hydrogen-bond donors (Lipinski definition) is 0. The molecule has 106 valence electrons. The van der Waals surface area contributed by atoms with Gasteiger partial charge in [0.05, 0.1) is 0 Å². The van der Waals surface area contributed by atoms with Crippen molar-refractivity contribution in [3.63, 3.8) is 0 Å². The average Bonchev–Trinajstić information content (AvgIpc) is 2.38. The van der Waals surface area contributed by atoms with Gasteiger partial charge in [-0.3, -0.25) is 0 Å². The van der Waals surface area contributed by atoms with Crippen LogP contribution in [-0.2, 0) is 0 Å². The lowest BCUT2D eigenvalue weighted by molar-refractivity contribution is 0.327. The Bertz CT molecular complexity index is 184. The molecule has 0 aromatic heterocycles. The van der Waals surface area contributed by atoms with E-state index in [2.05, 4.69) is 50.1 Å². The molecule has 0 N–H and O–H groups in total. The van der Waals surface area contributed by atoms with Crippen LogP contribution in [-0.4, -0.2) is 25.0 Å². The molecule has 0 saturated carbocycles. The van der Waals surface area contributed by atoms with E-state index in [4.69, 9.17) is 0 Å². The van der Waals surface area contributed by atoms with Crippen LogP contribution < -0.4 is 0 Å². The number of allylic oxidation sites excluding steroid dienone is 4. The summed E-state index contributed by atoms with van der Waals surface area (Å²) >= 11 is 0. The second-order valence-corrected chi connectivity index (χ2v) is 5.11. The molecule has 0 saturated heterocycles. The Kier molecular flexibility index (Phi) is 14.0. The smallest absolute Gasteiger partial charge is 0.00188 e. The van der Waals surface area contributed by atoms with Crippen molar-refractivity contribution in [1.82, 2.24) is 4.90 Å². The van der Waals surface area contributed by atoms with Crippen molar-refractivity contribution in [3.8, 4) is 0 Å². The van der Waals surface area contributed by atoms with Gasteiger partial charge in [0.2, 0.25) is 0 Å². The first-order valence-electron chi connectivity index (χ1n) is 7.79. The maximum atomic E-state index is 2.46. The SMILES string of the molecule is CCC/C=C/CCCN(C)CCC/C=C/CCC. The summed E-state index contributed by atoms with van der Waals surface area (Å²) in [6.07, 6.45) is 19.4. The van der Waals surface area contributed by atoms with Crippen molar-refractivity contribution in [1.29, 1.82) is 0 Å². The lowest BCUT2D eigenvalue weighted by Gasteiger charge is -2.15. The minimum absolute atomic E-state index is 1.23. The molecule has 0 aromatic rings. The second kappa shape index (κ2) is 14.5. The van der Waals surface area contributed by atoms with E-state index in [9.17, 15) is 0 Å². The summed E-state index contributed by atoms with van der Waals surface area (Å²) in [5.41, 5.74) is 0. The highest BCUT2D eigenvalue weighted by Gasteiger charge is 1.95. The van der Waals surface area contributed by atoms with E-state index >= 15 is 0 Å². The molecule has 1 nitrogen and oxygen atoms in total. The molecular formula is C17H33N. The minimum Gasteiger partial charge on any atom is -0.306 e. The van der Waals surface area contributed by atoms with Gasteiger partial charge in [-0.2, -0.15) is 0 Å². The third-order valence-corrected chi connectivity index (χ3v) is 3.07. The maximum Gasteiger partial charge on any atom is -0.00188 e. The average molecular weight is 251 g/mol. The van der Waals surface area contributed by atoms with Gasteiger partial charge < -0.3 is 4.90 Å². The van der Waals surface area contributed by atoms with Crippen molar-refractivity contribution in [2.24, 2.45) is 0 Å². The summed E-state index contributed by atoms with van der Waals surface area (Å²) in [5.74, 6) is 0. The summed E-state index contributed by atoms with van der Waals surface area (Å²) < 4.78 is 0. The molecule has 1 heteroatoms. The molecule has 0 bridgehead atoms. The molecule has 0 rings (SSSR count). The van der Waals surface area contributed by atoms with Crippen LogP contribution >= 0.6 is 0 Å². The van der Waals surface area contributed by atoms with Gasteiger partial charge in [-0.25, -0.2) is 0 Å². The maximum absolute atomic E-state index is 2.46. The molecule has 18 heavy (non-hydrogen) atoms. The Morgan fingerprint density at radius 1 is 0.667 bits per heavy atom. The molecule has 0 aliphatic rings. The van der Waals surface area contributed by atoms with Crippen LogP contribution in [0.2, 0.25) is 0 Å². The van der Waals surface area contributed by atoms with E-state index in [1.807, 2.05) is 0 Å². The van der Waals surface area contributed by atoms with Crippen LogP contribution in [0.5, 0.6) is 0 Å². The normalized spacial score (nSPS) is 12.2. The van der Waals surface area contributed by atoms with E-state index in [1.54, 1.807) is 0 Å². The van der Waals surface area contributed by atoms with Crippen LogP contribution in [0.4, 0.5) is 0 Å². The first kappa shape index (κ1) is 17.4. The van der Waals surface area contributed by atoms with Gasteiger partial charge in [-0.1, -0.05) is 51.0 Å². The zero-order chi connectivity index (χ0) is 13.5. The quantitative estimate of drug-likeness (QED) is 0.341. The van der Waals surface area contributed by atoms with E-state index in [-0.39, 0.29) is 0 Å². The Morgan fingerprint density at radius 2 is 1.06 bits per heavy atom. The molecule has 0 fully saturated rings. The standard InChI is InChI=1S/C17H33N/c1-4-6-8-10-12-14-16-18(3)17-15-13-11-9-7-5-2/h8-11H,4-7,12-17H2,1-3H3/b10-8+,11-9+. The van der Waals surface area contributed by atoms with E-state index < -0.39 is 0 Å². The van der Waals surface area contributed by atoms with Crippen molar-refractivity contribution in [3.05, 3.63) is 24.3 Å². The molecule has 0 amide bonds. The minimum atomic E-state index is 1.23. The molecule has 0 atom stereocenters. The van der Waals surface area contributed by atoms with Gasteiger partial charge in [0.25, 0.3) is 0 Å². The summed E-state index contributed by atoms with van der Waals surface area (Å²) in [6, 6.07) is 0. The highest BCUT2D eigenvalue weighted by Crippen LogP contribution is 2.00. The highest BCUT2D eigenvalue weighted by molar-refractivity contribution is 4.82. The summed E-state index contributed by atoms with van der Waals surface area (Å²) in [4.78, 5) is 2.46. The third-order valence-electron chi connectivity index (χ3n) is 3.07. The lowest BCUT2D eigenvalue weighted by Crippen LogP contribution is -2.20. The highest BCUT2D eigenvalue weighted by atomic mass is 15.1. The van der Waals surface area contributed by atoms with Crippen LogP contribution in [0.15, 0.2) is 24.3 Å². The number of nitrogens with zero attached hydrogens (tertiary/aromatic N) is 1. The van der Waals surface area contributed by atoms with Crippen LogP contribution in [0.1, 0.15) is 65.2 Å². The monoisotopic (exact) mass is 251 g/mol. The molecule has 0 aromatic carbocycles. The predicted molar refractivity (Wildman–Crippen MR) is 84.1 cm³/mol. The number of unbranched alkanes of at least 4 members (excludes halogenated alkanes) is 4. The van der Waals surface area contributed by atoms with E-state index in [1.165, 1.54) is 64.5 Å². The van der Waals surface area contributed by atoms with Gasteiger partial charge in [-0.15, -0.1) is 0 Å². The van der Waals surface area contributed by atoms with Crippen molar-refractivity contribution < 1.29 is 0 Å². The second-order valence-electron chi connectivity index (χ2n) is 5.11. The van der Waals surface area contributed by atoms with Crippen LogP contribution in [0, 0.1) is 0 Å². The van der Waals surface area contributed by atoms with Gasteiger partial charge in [0.15, 0.2) is 0 Å². The van der Waals surface area contributed by atoms with Gasteiger partial charge in [-0.05, 0) is 58.7 Å². The summed E-state index contributed by atoms with van der Waals surface area (Å²) in [6.45, 7) is 6.92.